The van der Waals surface area contributed by atoms with Crippen LogP contribution >= 0.6 is 0 Å². The number of aryl methyl sites for hydroxylation is 6. The Hall–Kier alpha value is -7.10. The lowest BCUT2D eigenvalue weighted by atomic mass is 10.1. The Bertz CT molecular complexity index is 3020. The molecule has 4 aromatic heterocycles. The molecule has 3 amide bonds. The Labute approximate surface area is 345 Å². The number of allylic oxidation sites excluding steroid dienone is 2. The van der Waals surface area contributed by atoms with Gasteiger partial charge in [-0.3, -0.25) is 23.7 Å². The summed E-state index contributed by atoms with van der Waals surface area (Å²) in [5, 5.41) is 8.90. The zero-order chi connectivity index (χ0) is 43.0. The van der Waals surface area contributed by atoms with Crippen molar-refractivity contribution in [1.82, 2.24) is 37.8 Å². The number of rotatable bonds is 12. The number of para-hydroxylation sites is 2. The average Bonchev–Trinajstić information content (AvgIpc) is 3.95. The number of amides is 3. The molecule has 0 bridgehead atoms. The number of primary amides is 1. The molecule has 7 rings (SSSR count). The van der Waals surface area contributed by atoms with E-state index in [9.17, 15) is 18.8 Å². The second-order valence-electron chi connectivity index (χ2n) is 14.9. The maximum atomic E-state index is 14.2. The standard InChI is InChI=1S/C44H48FN11O4/c1-9-55-36(18-28(5)49-55)41(58)47-43-51(7)33-16-11-12-17-34(33)53(43)23-26(3)27(4)24-54-39-35(52(8)44(54)48-42(59)37-19-29(6)50-56(37)10-2)21-31(40(46)57)22-38(39)60-25-30-14-13-15-32(45)20-30/h11-22H,9-10,23-25H2,1-8H3,(H2,46,57)/b27-26+,47-43+,48-44+. The fourth-order valence-corrected chi connectivity index (χ4v) is 7.46. The minimum atomic E-state index is -0.676. The molecule has 0 saturated heterocycles. The van der Waals surface area contributed by atoms with Crippen LogP contribution in [0.1, 0.15) is 76.0 Å². The van der Waals surface area contributed by atoms with E-state index in [1.807, 2.05) is 86.6 Å². The van der Waals surface area contributed by atoms with E-state index in [1.54, 1.807) is 57.4 Å². The molecule has 16 heteroatoms. The minimum absolute atomic E-state index is 0.0144. The van der Waals surface area contributed by atoms with Gasteiger partial charge in [-0.2, -0.15) is 20.2 Å². The SMILES string of the molecule is CCn1nc(C)cc1C(=O)/N=c1\n(C)c2ccccc2n1C/C(C)=C(\C)Cn1/c(=N/C(=O)c2cc(C)nn2CC)n(C)c2cc(C(N)=O)cc(OCc3cccc(F)c3)c21. The quantitative estimate of drug-likeness (QED) is 0.156. The number of imidazole rings is 2. The van der Waals surface area contributed by atoms with Crippen LogP contribution in [0.25, 0.3) is 22.1 Å². The predicted octanol–water partition coefficient (Wildman–Crippen LogP) is 5.66. The van der Waals surface area contributed by atoms with Crippen molar-refractivity contribution in [3.63, 3.8) is 0 Å². The van der Waals surface area contributed by atoms with Crippen LogP contribution in [0.4, 0.5) is 4.39 Å². The molecule has 7 aromatic rings. The predicted molar refractivity (Wildman–Crippen MR) is 225 cm³/mol. The van der Waals surface area contributed by atoms with Gasteiger partial charge in [-0.15, -0.1) is 0 Å². The van der Waals surface area contributed by atoms with Gasteiger partial charge in [-0.25, -0.2) is 4.39 Å². The van der Waals surface area contributed by atoms with Crippen molar-refractivity contribution in [3.05, 3.63) is 135 Å². The van der Waals surface area contributed by atoms with E-state index in [0.717, 1.165) is 27.9 Å². The summed E-state index contributed by atoms with van der Waals surface area (Å²) in [4.78, 5) is 49.7. The Kier molecular flexibility index (Phi) is 11.4. The lowest BCUT2D eigenvalue weighted by Crippen LogP contribution is -2.28. The van der Waals surface area contributed by atoms with Crippen molar-refractivity contribution in [2.45, 2.75) is 74.3 Å². The Morgan fingerprint density at radius 3 is 1.83 bits per heavy atom. The highest BCUT2D eigenvalue weighted by Crippen LogP contribution is 2.29. The highest BCUT2D eigenvalue weighted by Gasteiger charge is 2.22. The van der Waals surface area contributed by atoms with Crippen molar-refractivity contribution in [1.29, 1.82) is 0 Å². The van der Waals surface area contributed by atoms with E-state index in [-0.39, 0.29) is 24.3 Å². The van der Waals surface area contributed by atoms with Crippen molar-refractivity contribution in [3.8, 4) is 5.75 Å². The van der Waals surface area contributed by atoms with Gasteiger partial charge in [0.1, 0.15) is 35.1 Å². The van der Waals surface area contributed by atoms with Gasteiger partial charge in [0.25, 0.3) is 11.8 Å². The molecular weight excluding hydrogens is 766 g/mol. The molecule has 0 aliphatic heterocycles. The van der Waals surface area contributed by atoms with Crippen LogP contribution in [0.5, 0.6) is 5.75 Å². The molecule has 60 heavy (non-hydrogen) atoms. The molecule has 310 valence electrons. The summed E-state index contributed by atoms with van der Waals surface area (Å²) in [6, 6.07) is 20.6. The summed E-state index contributed by atoms with van der Waals surface area (Å²) >= 11 is 0. The van der Waals surface area contributed by atoms with Crippen LogP contribution in [-0.2, 0) is 46.9 Å². The Morgan fingerprint density at radius 2 is 1.27 bits per heavy atom. The molecule has 3 aromatic carbocycles. The number of halogens is 1. The number of nitrogens with two attached hydrogens (primary N) is 1. The number of fused-ring (bicyclic) bond motifs is 2. The lowest BCUT2D eigenvalue weighted by Gasteiger charge is -2.15. The van der Waals surface area contributed by atoms with Gasteiger partial charge in [0.2, 0.25) is 17.1 Å². The minimum Gasteiger partial charge on any atom is -0.487 e. The van der Waals surface area contributed by atoms with Crippen molar-refractivity contribution >= 4 is 39.8 Å². The van der Waals surface area contributed by atoms with Crippen LogP contribution in [-0.4, -0.2) is 55.6 Å². The van der Waals surface area contributed by atoms with Gasteiger partial charge < -0.3 is 28.7 Å². The summed E-state index contributed by atoms with van der Waals surface area (Å²) in [5.74, 6) is -1.70. The lowest BCUT2D eigenvalue weighted by molar-refractivity contribution is 0.0977. The molecule has 0 radical (unpaired) electrons. The van der Waals surface area contributed by atoms with Gasteiger partial charge in [-0.1, -0.05) is 35.4 Å². The maximum absolute atomic E-state index is 14.2. The first-order valence-corrected chi connectivity index (χ1v) is 19.7. The smallest absolute Gasteiger partial charge is 0.298 e. The second kappa shape index (κ2) is 16.6. The molecule has 0 atom stereocenters. The van der Waals surface area contributed by atoms with Gasteiger partial charge in [0.05, 0.1) is 27.9 Å². The highest BCUT2D eigenvalue weighted by atomic mass is 19.1. The van der Waals surface area contributed by atoms with E-state index in [2.05, 4.69) is 20.2 Å². The third kappa shape index (κ3) is 7.87. The van der Waals surface area contributed by atoms with Crippen LogP contribution in [0, 0.1) is 19.7 Å². The summed E-state index contributed by atoms with van der Waals surface area (Å²) in [7, 11) is 3.64. The highest BCUT2D eigenvalue weighted by molar-refractivity contribution is 5.99. The second-order valence-corrected chi connectivity index (χ2v) is 14.9. The van der Waals surface area contributed by atoms with Gasteiger partial charge in [0.15, 0.2) is 0 Å². The molecule has 2 N–H and O–H groups in total. The number of nitrogens with zero attached hydrogens (tertiary/aromatic N) is 10. The number of hydrogen-bond donors (Lipinski definition) is 1. The van der Waals surface area contributed by atoms with E-state index in [4.69, 9.17) is 10.5 Å². The van der Waals surface area contributed by atoms with Crippen LogP contribution < -0.4 is 21.7 Å². The number of carbonyl (C=O) groups excluding carboxylic acids is 3. The molecule has 0 fully saturated rings. The monoisotopic (exact) mass is 813 g/mol. The van der Waals surface area contributed by atoms with E-state index >= 15 is 0 Å². The first-order chi connectivity index (χ1) is 28.7. The Balaban J connectivity index is 1.39. The molecule has 0 saturated carbocycles. The molecule has 0 aliphatic carbocycles. The maximum Gasteiger partial charge on any atom is 0.298 e. The van der Waals surface area contributed by atoms with E-state index in [0.29, 0.717) is 64.7 Å². The van der Waals surface area contributed by atoms with E-state index in [1.165, 1.54) is 12.1 Å². The summed E-state index contributed by atoms with van der Waals surface area (Å²) in [5.41, 5.74) is 14.2. The van der Waals surface area contributed by atoms with Gasteiger partial charge in [-0.05, 0) is 95.6 Å². The summed E-state index contributed by atoms with van der Waals surface area (Å²) in [6.07, 6.45) is 0. The number of benzene rings is 3. The number of carbonyl (C=O) groups is 3. The molecule has 0 unspecified atom stereocenters. The zero-order valence-electron chi connectivity index (χ0n) is 35.0. The average molecular weight is 814 g/mol. The normalized spacial score (nSPS) is 12.8. The van der Waals surface area contributed by atoms with Gasteiger partial charge >= 0.3 is 0 Å². The number of ether oxygens (including phenoxy) is 1. The van der Waals surface area contributed by atoms with Crippen molar-refractivity contribution in [2.75, 3.05) is 0 Å². The first kappa shape index (κ1) is 41.1. The fourth-order valence-electron chi connectivity index (χ4n) is 7.46. The number of hydrogen-bond acceptors (Lipinski definition) is 6. The van der Waals surface area contributed by atoms with Gasteiger partial charge in [0, 0.05) is 45.8 Å². The third-order valence-corrected chi connectivity index (χ3v) is 10.6. The summed E-state index contributed by atoms with van der Waals surface area (Å²) in [6.45, 7) is 13.1. The van der Waals surface area contributed by atoms with Crippen LogP contribution in [0.15, 0.2) is 93.9 Å². The molecule has 4 heterocycles. The van der Waals surface area contributed by atoms with Crippen LogP contribution in [0.3, 0.4) is 0 Å². The first-order valence-electron chi connectivity index (χ1n) is 19.7. The molecule has 0 aliphatic rings. The summed E-state index contributed by atoms with van der Waals surface area (Å²) < 4.78 is 31.3. The number of aromatic nitrogens is 8. The fraction of sp³-hybridized carbons (Fsp3) is 0.295. The van der Waals surface area contributed by atoms with Crippen molar-refractivity contribution < 1.29 is 23.5 Å². The third-order valence-electron chi connectivity index (χ3n) is 10.6. The molecule has 0 spiro atoms. The molecule has 15 nitrogen and oxygen atoms in total. The largest absolute Gasteiger partial charge is 0.487 e. The topological polar surface area (TPSA) is 167 Å². The molecular formula is C44H48FN11O4. The Morgan fingerprint density at radius 1 is 0.717 bits per heavy atom. The zero-order valence-corrected chi connectivity index (χ0v) is 35.0. The van der Waals surface area contributed by atoms with Crippen LogP contribution in [0.2, 0.25) is 0 Å². The van der Waals surface area contributed by atoms with E-state index < -0.39 is 23.5 Å². The van der Waals surface area contributed by atoms with Crippen molar-refractivity contribution in [2.24, 2.45) is 29.8 Å².